The van der Waals surface area contributed by atoms with Gasteiger partial charge < -0.3 is 23.4 Å². The van der Waals surface area contributed by atoms with Gasteiger partial charge in [-0.05, 0) is 77.9 Å². The van der Waals surface area contributed by atoms with Crippen molar-refractivity contribution in [2.75, 3.05) is 16.5 Å². The summed E-state index contributed by atoms with van der Waals surface area (Å²) in [6.07, 6.45) is 1.83. The Hall–Kier alpha value is -9.07. The van der Waals surface area contributed by atoms with Crippen LogP contribution in [0.15, 0.2) is 227 Å². The third-order valence-electron chi connectivity index (χ3n) is 13.3. The van der Waals surface area contributed by atoms with E-state index >= 15 is 0 Å². The van der Waals surface area contributed by atoms with E-state index in [0.717, 1.165) is 99.8 Å². The number of benzene rings is 9. The molecule has 0 atom stereocenters. The van der Waals surface area contributed by atoms with Crippen molar-refractivity contribution in [2.45, 2.75) is 0 Å². The van der Waals surface area contributed by atoms with E-state index in [1.54, 1.807) is 0 Å². The van der Waals surface area contributed by atoms with Gasteiger partial charge in [0.15, 0.2) is 22.5 Å². The molecule has 7 heteroatoms. The summed E-state index contributed by atoms with van der Waals surface area (Å²) >= 11 is 0. The van der Waals surface area contributed by atoms with Crippen LogP contribution in [0.2, 0.25) is 0 Å². The Balaban J connectivity index is 0.976. The van der Waals surface area contributed by atoms with E-state index in [0.29, 0.717) is 34.9 Å². The lowest BCUT2D eigenvalue weighted by molar-refractivity contribution is 0.477. The highest BCUT2D eigenvalue weighted by Crippen LogP contribution is 2.52. The van der Waals surface area contributed by atoms with Gasteiger partial charge in [-0.2, -0.15) is 0 Å². The van der Waals surface area contributed by atoms with E-state index in [-0.39, 0.29) is 0 Å². The molecule has 0 fully saturated rings. The number of hydrogen-bond acceptors (Lipinski definition) is 6. The Morgan fingerprint density at radius 3 is 1.82 bits per heavy atom. The van der Waals surface area contributed by atoms with Crippen molar-refractivity contribution in [1.29, 1.82) is 0 Å². The fraction of sp³-hybridized carbons (Fsp3) is 0.0167. The minimum atomic E-state index is 0.549. The van der Waals surface area contributed by atoms with Crippen LogP contribution in [0.1, 0.15) is 0 Å². The van der Waals surface area contributed by atoms with Crippen molar-refractivity contribution in [1.82, 2.24) is 9.55 Å². The molecule has 0 radical (unpaired) electrons. The summed E-state index contributed by atoms with van der Waals surface area (Å²) in [5, 5.41) is 6.19. The van der Waals surface area contributed by atoms with E-state index in [4.69, 9.17) is 18.6 Å². The first-order valence-corrected chi connectivity index (χ1v) is 22.5. The number of fused-ring (bicyclic) bond motifs is 11. The monoisotopic (exact) mass is 862 g/mol. The number of hydrogen-bond donors (Lipinski definition) is 0. The second kappa shape index (κ2) is 14.7. The molecule has 7 nitrogen and oxygen atoms in total. The Morgan fingerprint density at radius 2 is 1.06 bits per heavy atom. The molecule has 1 aliphatic heterocycles. The first kappa shape index (κ1) is 37.3. The van der Waals surface area contributed by atoms with Gasteiger partial charge in [0.25, 0.3) is 0 Å². The maximum absolute atomic E-state index is 7.14. The maximum Gasteiger partial charge on any atom is 0.178 e. The number of anilines is 4. The number of rotatable bonds is 7. The van der Waals surface area contributed by atoms with Gasteiger partial charge in [-0.15, -0.1) is 0 Å². The van der Waals surface area contributed by atoms with Gasteiger partial charge in [0, 0.05) is 67.5 Å². The predicted molar refractivity (Wildman–Crippen MR) is 273 cm³/mol. The lowest BCUT2D eigenvalue weighted by atomic mass is 9.95. The molecule has 13 aromatic rings. The average Bonchev–Trinajstić information content (AvgIpc) is 4.16. The molecular weight excluding hydrogens is 825 g/mol. The molecule has 0 amide bonds. The van der Waals surface area contributed by atoms with Crippen molar-refractivity contribution >= 4 is 88.4 Å². The van der Waals surface area contributed by atoms with Gasteiger partial charge in [-0.3, -0.25) is 4.57 Å². The van der Waals surface area contributed by atoms with Crippen molar-refractivity contribution in [3.8, 4) is 39.6 Å². The van der Waals surface area contributed by atoms with Crippen LogP contribution >= 0.6 is 0 Å². The number of nitrogens with zero attached hydrogens (tertiary/aromatic N) is 4. The highest BCUT2D eigenvalue weighted by molar-refractivity contribution is 6.20. The maximum atomic E-state index is 7.14. The second-order valence-corrected chi connectivity index (χ2v) is 17.1. The van der Waals surface area contributed by atoms with Gasteiger partial charge in [0.05, 0.1) is 28.1 Å². The summed E-state index contributed by atoms with van der Waals surface area (Å²) in [4.78, 5) is 9.62. The summed E-state index contributed by atoms with van der Waals surface area (Å²) < 4.78 is 22.9. The fourth-order valence-electron chi connectivity index (χ4n) is 10.3. The Bertz CT molecular complexity index is 4000. The van der Waals surface area contributed by atoms with Crippen LogP contribution in [-0.2, 0) is 0 Å². The Kier molecular flexibility index (Phi) is 8.21. The minimum absolute atomic E-state index is 0.549. The highest BCUT2D eigenvalue weighted by Gasteiger charge is 2.32. The van der Waals surface area contributed by atoms with Gasteiger partial charge in [-0.1, -0.05) is 133 Å². The van der Waals surface area contributed by atoms with Crippen LogP contribution in [0.3, 0.4) is 0 Å². The molecule has 0 unspecified atom stereocenters. The van der Waals surface area contributed by atoms with E-state index in [2.05, 4.69) is 190 Å². The summed E-state index contributed by atoms with van der Waals surface area (Å²) in [6.45, 7) is 0.549. The van der Waals surface area contributed by atoms with E-state index in [1.165, 1.54) is 0 Å². The van der Waals surface area contributed by atoms with Gasteiger partial charge in [0.1, 0.15) is 23.8 Å². The van der Waals surface area contributed by atoms with Crippen LogP contribution in [0.4, 0.5) is 22.7 Å². The summed E-state index contributed by atoms with van der Waals surface area (Å²) in [5.41, 5.74) is 13.9. The summed E-state index contributed by atoms with van der Waals surface area (Å²) in [5.74, 6) is 2.11. The van der Waals surface area contributed by atoms with Crippen LogP contribution in [0, 0.1) is 0 Å². The number of aromatic nitrogens is 2. The summed E-state index contributed by atoms with van der Waals surface area (Å²) in [7, 11) is 0. The lowest BCUT2D eigenvalue weighted by Crippen LogP contribution is -2.25. The van der Waals surface area contributed by atoms with Crippen molar-refractivity contribution in [3.05, 3.63) is 219 Å². The summed E-state index contributed by atoms with van der Waals surface area (Å²) in [6, 6.07) is 74.3. The van der Waals surface area contributed by atoms with Crippen molar-refractivity contribution < 1.29 is 13.6 Å². The molecule has 5 heterocycles. The van der Waals surface area contributed by atoms with E-state index in [9.17, 15) is 0 Å². The normalized spacial score (nSPS) is 12.7. The van der Waals surface area contributed by atoms with Gasteiger partial charge >= 0.3 is 0 Å². The molecule has 14 rings (SSSR count). The zero-order valence-electron chi connectivity index (χ0n) is 36.0. The molecule has 1 aliphatic rings. The second-order valence-electron chi connectivity index (χ2n) is 17.1. The molecule has 0 saturated carbocycles. The van der Waals surface area contributed by atoms with Crippen LogP contribution < -0.4 is 14.5 Å². The van der Waals surface area contributed by atoms with E-state index in [1.807, 2.05) is 42.6 Å². The van der Waals surface area contributed by atoms with Gasteiger partial charge in [0.2, 0.25) is 0 Å². The molecule has 0 aliphatic carbocycles. The highest BCUT2D eigenvalue weighted by atomic mass is 16.5. The number of furan rings is 2. The third kappa shape index (κ3) is 5.81. The van der Waals surface area contributed by atoms with Crippen molar-refractivity contribution in [3.63, 3.8) is 0 Å². The van der Waals surface area contributed by atoms with Gasteiger partial charge in [-0.25, -0.2) is 4.98 Å². The molecule has 316 valence electrons. The molecule has 9 aromatic carbocycles. The van der Waals surface area contributed by atoms with E-state index < -0.39 is 0 Å². The predicted octanol–water partition coefficient (Wildman–Crippen LogP) is 16.4. The first-order valence-electron chi connectivity index (χ1n) is 22.5. The minimum Gasteiger partial charge on any atom is -0.453 e. The topological polar surface area (TPSA) is 59.8 Å². The number of pyridine rings is 1. The zero-order chi connectivity index (χ0) is 44.0. The molecule has 0 saturated heterocycles. The van der Waals surface area contributed by atoms with Crippen molar-refractivity contribution in [2.24, 2.45) is 0 Å². The largest absolute Gasteiger partial charge is 0.453 e. The SMILES string of the molecule is c1ccc(-c2cccc(-c3ccccc3)c2N2CN(c3cc(Oc4ccc5c6ccccc6n(-c6ccccn6)c5c4)c4oc5c(ccc6c7ccccc7oc65)c4c3)c3ccccc32)cc1. The van der Waals surface area contributed by atoms with Crippen LogP contribution in [-0.4, -0.2) is 16.2 Å². The molecular formula is C60H38N4O3. The molecule has 0 spiro atoms. The smallest absolute Gasteiger partial charge is 0.178 e. The number of para-hydroxylation sites is 5. The Labute approximate surface area is 384 Å². The molecule has 0 N–H and O–H groups in total. The zero-order valence-corrected chi connectivity index (χ0v) is 36.0. The molecule has 0 bridgehead atoms. The molecule has 4 aromatic heterocycles. The quantitative estimate of drug-likeness (QED) is 0.159. The van der Waals surface area contributed by atoms with Crippen LogP contribution in [0.25, 0.3) is 93.8 Å². The molecule has 67 heavy (non-hydrogen) atoms. The van der Waals surface area contributed by atoms with Crippen LogP contribution in [0.5, 0.6) is 11.5 Å². The first-order chi connectivity index (χ1) is 33.2. The lowest BCUT2D eigenvalue weighted by Gasteiger charge is -2.27. The fourth-order valence-corrected chi connectivity index (χ4v) is 10.3. The average molecular weight is 863 g/mol. The standard InChI is InChI=1S/C60H38N4O3/c1-3-16-38(17-4-1)42-22-15-23-43(39-18-5-2-6-19-39)57(42)63-37-62(51-25-10-11-26-52(51)63)40-34-49-48-32-31-47-46-21-8-12-27-54(46)66-59(47)60(48)67-58(49)55(35-40)65-41-29-30-45-44-20-7-9-24-50(44)64(53(45)36-41)56-28-13-14-33-61-56/h1-36H,37H2. The Morgan fingerprint density at radius 1 is 0.433 bits per heavy atom. The third-order valence-corrected chi connectivity index (χ3v) is 13.3. The number of ether oxygens (including phenoxy) is 1.